The molecule has 142 valence electrons. The number of nitrogens with zero attached hydrogens (tertiary/aromatic N) is 4. The Balaban J connectivity index is 1.59. The molecule has 1 spiro atoms. The highest BCUT2D eigenvalue weighted by atomic mass is 35.5. The fraction of sp³-hybridized carbons (Fsp3) is 0.550. The Labute approximate surface area is 163 Å². The fourth-order valence-corrected chi connectivity index (χ4v) is 4.59. The van der Waals surface area contributed by atoms with E-state index in [0.717, 1.165) is 43.3 Å². The summed E-state index contributed by atoms with van der Waals surface area (Å²) < 4.78 is 7.66. The SMILES string of the molecule is CC(C)(C)OC(=O)N1CCCC12CC(n1cc(C#N)c3ccc(Cl)nc31)C2. The maximum atomic E-state index is 12.6. The molecule has 1 saturated carbocycles. The summed E-state index contributed by atoms with van der Waals surface area (Å²) in [4.78, 5) is 19.0. The van der Waals surface area contributed by atoms with Gasteiger partial charge in [-0.1, -0.05) is 11.6 Å². The van der Waals surface area contributed by atoms with Crippen LogP contribution < -0.4 is 0 Å². The minimum Gasteiger partial charge on any atom is -0.444 e. The molecule has 2 aliphatic rings. The van der Waals surface area contributed by atoms with Gasteiger partial charge in [0.15, 0.2) is 0 Å². The number of amides is 1. The van der Waals surface area contributed by atoms with Gasteiger partial charge in [-0.25, -0.2) is 9.78 Å². The zero-order chi connectivity index (χ0) is 19.4. The van der Waals surface area contributed by atoms with E-state index in [4.69, 9.17) is 16.3 Å². The molecule has 0 atom stereocenters. The highest BCUT2D eigenvalue weighted by molar-refractivity contribution is 6.29. The van der Waals surface area contributed by atoms with Gasteiger partial charge in [-0.15, -0.1) is 0 Å². The van der Waals surface area contributed by atoms with E-state index in [1.807, 2.05) is 37.9 Å². The van der Waals surface area contributed by atoms with Gasteiger partial charge in [0.1, 0.15) is 22.5 Å². The smallest absolute Gasteiger partial charge is 0.410 e. The van der Waals surface area contributed by atoms with Crippen LogP contribution in [0.5, 0.6) is 0 Å². The van der Waals surface area contributed by atoms with Crippen molar-refractivity contribution in [3.05, 3.63) is 29.0 Å². The average molecular weight is 387 g/mol. The Morgan fingerprint density at radius 3 is 2.81 bits per heavy atom. The van der Waals surface area contributed by atoms with Gasteiger partial charge in [0.2, 0.25) is 0 Å². The highest BCUT2D eigenvalue weighted by Gasteiger charge is 2.54. The maximum absolute atomic E-state index is 12.6. The molecule has 2 fully saturated rings. The van der Waals surface area contributed by atoms with Gasteiger partial charge in [0.25, 0.3) is 0 Å². The number of carbonyl (C=O) groups excluding carboxylic acids is 1. The van der Waals surface area contributed by atoms with Crippen LogP contribution in [0.15, 0.2) is 18.3 Å². The zero-order valence-corrected chi connectivity index (χ0v) is 16.6. The van der Waals surface area contributed by atoms with Crippen LogP contribution >= 0.6 is 11.6 Å². The Hall–Kier alpha value is -2.26. The van der Waals surface area contributed by atoms with E-state index < -0.39 is 5.60 Å². The third-order valence-corrected chi connectivity index (χ3v) is 5.81. The number of aromatic nitrogens is 2. The minimum atomic E-state index is -0.497. The van der Waals surface area contributed by atoms with Crippen LogP contribution in [0.2, 0.25) is 5.15 Å². The van der Waals surface area contributed by atoms with Crippen molar-refractivity contribution in [3.8, 4) is 6.07 Å². The first-order valence-electron chi connectivity index (χ1n) is 9.30. The van der Waals surface area contributed by atoms with Crippen LogP contribution in [0.4, 0.5) is 4.79 Å². The number of rotatable bonds is 1. The van der Waals surface area contributed by atoms with E-state index in [0.29, 0.717) is 10.7 Å². The van der Waals surface area contributed by atoms with Gasteiger partial charge in [-0.05, 0) is 58.6 Å². The van der Waals surface area contributed by atoms with Gasteiger partial charge >= 0.3 is 6.09 Å². The molecule has 3 heterocycles. The number of likely N-dealkylation sites (tertiary alicyclic amines) is 1. The maximum Gasteiger partial charge on any atom is 0.410 e. The Bertz CT molecular complexity index is 947. The summed E-state index contributed by atoms with van der Waals surface area (Å²) in [5, 5.41) is 10.7. The largest absolute Gasteiger partial charge is 0.444 e. The molecular weight excluding hydrogens is 364 g/mol. The number of carbonyl (C=O) groups is 1. The average Bonchev–Trinajstić information content (AvgIpc) is 3.12. The third kappa shape index (κ3) is 3.04. The van der Waals surface area contributed by atoms with Crippen LogP contribution in [0.25, 0.3) is 11.0 Å². The number of halogens is 1. The highest BCUT2D eigenvalue weighted by Crippen LogP contribution is 2.52. The lowest BCUT2D eigenvalue weighted by atomic mass is 9.70. The first-order chi connectivity index (χ1) is 12.7. The van der Waals surface area contributed by atoms with Crippen LogP contribution in [0.1, 0.15) is 58.1 Å². The molecule has 2 aromatic rings. The number of hydrogen-bond donors (Lipinski definition) is 0. The molecule has 1 aliphatic carbocycles. The van der Waals surface area contributed by atoms with E-state index in [2.05, 4.69) is 15.6 Å². The van der Waals surface area contributed by atoms with E-state index in [1.165, 1.54) is 0 Å². The lowest BCUT2D eigenvalue weighted by Crippen LogP contribution is -2.56. The number of nitriles is 1. The van der Waals surface area contributed by atoms with Gasteiger partial charge in [0, 0.05) is 24.2 Å². The molecule has 7 heteroatoms. The number of fused-ring (bicyclic) bond motifs is 1. The van der Waals surface area contributed by atoms with Crippen molar-refractivity contribution in [2.45, 2.75) is 63.6 Å². The predicted molar refractivity (Wildman–Crippen MR) is 103 cm³/mol. The second kappa shape index (κ2) is 6.13. The number of hydrogen-bond acceptors (Lipinski definition) is 4. The van der Waals surface area contributed by atoms with Crippen molar-refractivity contribution in [2.75, 3.05) is 6.54 Å². The van der Waals surface area contributed by atoms with Crippen LogP contribution in [-0.2, 0) is 4.74 Å². The van der Waals surface area contributed by atoms with E-state index >= 15 is 0 Å². The van der Waals surface area contributed by atoms with Gasteiger partial charge in [-0.2, -0.15) is 5.26 Å². The molecular formula is C20H23ClN4O2. The first-order valence-corrected chi connectivity index (χ1v) is 9.68. The van der Waals surface area contributed by atoms with E-state index in [9.17, 15) is 10.1 Å². The standard InChI is InChI=1S/C20H23ClN4O2/c1-19(2,3)27-18(26)25-8-4-7-20(25)9-14(10-20)24-12-13(11-22)15-5-6-16(21)23-17(15)24/h5-6,12,14H,4,7-10H2,1-3H3. The summed E-state index contributed by atoms with van der Waals surface area (Å²) in [6, 6.07) is 5.99. The van der Waals surface area contributed by atoms with E-state index in [1.54, 1.807) is 6.07 Å². The molecule has 0 aromatic carbocycles. The summed E-state index contributed by atoms with van der Waals surface area (Å²) in [5.74, 6) is 0. The second-order valence-electron chi connectivity index (χ2n) is 8.59. The summed E-state index contributed by atoms with van der Waals surface area (Å²) in [7, 11) is 0. The quantitative estimate of drug-likeness (QED) is 0.668. The summed E-state index contributed by atoms with van der Waals surface area (Å²) >= 11 is 6.08. The zero-order valence-electron chi connectivity index (χ0n) is 15.8. The molecule has 27 heavy (non-hydrogen) atoms. The van der Waals surface area contributed by atoms with Crippen molar-refractivity contribution in [3.63, 3.8) is 0 Å². The molecule has 1 amide bonds. The normalized spacial score (nSPS) is 24.9. The molecule has 2 aromatic heterocycles. The number of pyridine rings is 1. The van der Waals surface area contributed by atoms with Crippen molar-refractivity contribution in [2.24, 2.45) is 0 Å². The molecule has 0 bridgehead atoms. The van der Waals surface area contributed by atoms with Crippen molar-refractivity contribution < 1.29 is 9.53 Å². The van der Waals surface area contributed by atoms with E-state index in [-0.39, 0.29) is 17.7 Å². The monoisotopic (exact) mass is 386 g/mol. The molecule has 0 unspecified atom stereocenters. The van der Waals surface area contributed by atoms with Crippen molar-refractivity contribution >= 4 is 28.7 Å². The third-order valence-electron chi connectivity index (χ3n) is 5.60. The van der Waals surface area contributed by atoms with Gasteiger partial charge in [-0.3, -0.25) is 0 Å². The number of ether oxygens (including phenoxy) is 1. The minimum absolute atomic E-state index is 0.144. The first kappa shape index (κ1) is 18.1. The summed E-state index contributed by atoms with van der Waals surface area (Å²) in [6.45, 7) is 6.41. The summed E-state index contributed by atoms with van der Waals surface area (Å²) in [6.07, 6.45) is 5.30. The second-order valence-corrected chi connectivity index (χ2v) is 8.98. The lowest BCUT2D eigenvalue weighted by Gasteiger charge is -2.51. The Kier molecular flexibility index (Phi) is 4.12. The Morgan fingerprint density at radius 2 is 2.15 bits per heavy atom. The summed E-state index contributed by atoms with van der Waals surface area (Å²) in [5.41, 5.74) is 0.698. The molecule has 0 N–H and O–H groups in total. The molecule has 4 rings (SSSR count). The topological polar surface area (TPSA) is 71.2 Å². The molecule has 1 saturated heterocycles. The van der Waals surface area contributed by atoms with Crippen molar-refractivity contribution in [1.82, 2.24) is 14.5 Å². The predicted octanol–water partition coefficient (Wildman–Crippen LogP) is 4.67. The molecule has 1 aliphatic heterocycles. The van der Waals surface area contributed by atoms with Crippen LogP contribution in [-0.4, -0.2) is 38.2 Å². The molecule has 0 radical (unpaired) electrons. The van der Waals surface area contributed by atoms with Crippen molar-refractivity contribution in [1.29, 1.82) is 5.26 Å². The van der Waals surface area contributed by atoms with Crippen LogP contribution in [0.3, 0.4) is 0 Å². The fourth-order valence-electron chi connectivity index (χ4n) is 4.45. The lowest BCUT2D eigenvalue weighted by molar-refractivity contribution is -0.0241. The van der Waals surface area contributed by atoms with Gasteiger partial charge in [0.05, 0.1) is 11.1 Å². The Morgan fingerprint density at radius 1 is 1.41 bits per heavy atom. The van der Waals surface area contributed by atoms with Crippen LogP contribution in [0, 0.1) is 11.3 Å². The molecule has 6 nitrogen and oxygen atoms in total. The van der Waals surface area contributed by atoms with Gasteiger partial charge < -0.3 is 14.2 Å².